The number of imidazole rings is 1. The van der Waals surface area contributed by atoms with E-state index in [-0.39, 0.29) is 18.2 Å². The van der Waals surface area contributed by atoms with Crippen LogP contribution in [0, 0.1) is 0 Å². The van der Waals surface area contributed by atoms with E-state index in [1.807, 2.05) is 30.3 Å². The molecule has 2 aromatic heterocycles. The molecule has 1 aromatic carbocycles. The van der Waals surface area contributed by atoms with Crippen LogP contribution in [0.4, 0.5) is 0 Å². The molecule has 6 heteroatoms. The number of fused-ring (bicyclic) bond motifs is 1. The Balaban J connectivity index is 1.81. The Hall–Kier alpha value is -2.73. The van der Waals surface area contributed by atoms with E-state index in [1.165, 1.54) is 0 Å². The van der Waals surface area contributed by atoms with Crippen molar-refractivity contribution >= 4 is 11.7 Å². The van der Waals surface area contributed by atoms with Crippen LogP contribution in [-0.2, 0) is 0 Å². The number of nitrogens with zero attached hydrogens (tertiary/aromatic N) is 3. The zero-order valence-electron chi connectivity index (χ0n) is 11.2. The van der Waals surface area contributed by atoms with Crippen LogP contribution in [0.15, 0.2) is 55.0 Å². The molecule has 1 amide bonds. The van der Waals surface area contributed by atoms with E-state index in [0.717, 1.165) is 5.56 Å². The Labute approximate surface area is 121 Å². The highest BCUT2D eigenvalue weighted by atomic mass is 16.3. The zero-order valence-corrected chi connectivity index (χ0v) is 11.2. The maximum atomic E-state index is 12.2. The van der Waals surface area contributed by atoms with Crippen LogP contribution in [0.25, 0.3) is 5.78 Å². The summed E-state index contributed by atoms with van der Waals surface area (Å²) in [6.07, 6.45) is 4.99. The molecule has 0 aliphatic carbocycles. The van der Waals surface area contributed by atoms with Gasteiger partial charge in [0.05, 0.1) is 12.6 Å². The lowest BCUT2D eigenvalue weighted by Crippen LogP contribution is -2.31. The van der Waals surface area contributed by atoms with Gasteiger partial charge in [-0.1, -0.05) is 30.3 Å². The molecule has 0 spiro atoms. The van der Waals surface area contributed by atoms with Gasteiger partial charge >= 0.3 is 0 Å². The van der Waals surface area contributed by atoms with Crippen molar-refractivity contribution in [3.63, 3.8) is 0 Å². The van der Waals surface area contributed by atoms with Crippen molar-refractivity contribution in [3.8, 4) is 0 Å². The fraction of sp³-hybridized carbons (Fsp3) is 0.133. The quantitative estimate of drug-likeness (QED) is 0.753. The van der Waals surface area contributed by atoms with Crippen LogP contribution in [0.5, 0.6) is 0 Å². The second-order valence-corrected chi connectivity index (χ2v) is 4.57. The van der Waals surface area contributed by atoms with Crippen LogP contribution in [0.2, 0.25) is 0 Å². The summed E-state index contributed by atoms with van der Waals surface area (Å²) in [5, 5.41) is 12.2. The lowest BCUT2D eigenvalue weighted by molar-refractivity contribution is 0.0911. The van der Waals surface area contributed by atoms with Crippen LogP contribution in [0.3, 0.4) is 0 Å². The predicted molar refractivity (Wildman–Crippen MR) is 76.7 cm³/mol. The highest BCUT2D eigenvalue weighted by Crippen LogP contribution is 2.12. The normalized spacial score (nSPS) is 12.2. The molecule has 0 fully saturated rings. The van der Waals surface area contributed by atoms with E-state index in [2.05, 4.69) is 15.3 Å². The first-order valence-electron chi connectivity index (χ1n) is 6.54. The summed E-state index contributed by atoms with van der Waals surface area (Å²) in [4.78, 5) is 20.4. The molecule has 0 aliphatic rings. The third-order valence-electron chi connectivity index (χ3n) is 3.16. The molecule has 0 unspecified atom stereocenters. The van der Waals surface area contributed by atoms with Crippen molar-refractivity contribution in [3.05, 3.63) is 66.2 Å². The lowest BCUT2D eigenvalue weighted by Gasteiger charge is -2.15. The molecule has 3 aromatic rings. The van der Waals surface area contributed by atoms with Gasteiger partial charge in [0.1, 0.15) is 5.69 Å². The number of carbonyl (C=O) groups is 1. The number of amides is 1. The first-order chi connectivity index (χ1) is 10.3. The van der Waals surface area contributed by atoms with E-state index in [1.54, 1.807) is 29.1 Å². The second-order valence-electron chi connectivity index (χ2n) is 4.57. The average Bonchev–Trinajstić information content (AvgIpc) is 2.97. The summed E-state index contributed by atoms with van der Waals surface area (Å²) in [5.74, 6) is 0.117. The average molecular weight is 282 g/mol. The van der Waals surface area contributed by atoms with Gasteiger partial charge in [0.15, 0.2) is 0 Å². The molecule has 2 N–H and O–H groups in total. The minimum absolute atomic E-state index is 0.179. The van der Waals surface area contributed by atoms with Crippen LogP contribution >= 0.6 is 0 Å². The fourth-order valence-electron chi connectivity index (χ4n) is 2.09. The molecule has 0 saturated carbocycles. The largest absolute Gasteiger partial charge is 0.394 e. The Morgan fingerprint density at radius 3 is 2.81 bits per heavy atom. The highest BCUT2D eigenvalue weighted by Gasteiger charge is 2.17. The smallest absolute Gasteiger partial charge is 0.272 e. The van der Waals surface area contributed by atoms with Gasteiger partial charge in [-0.2, -0.15) is 0 Å². The SMILES string of the molecule is O=C(N[C@H](CO)c1ccccc1)c1cn2cccnc2n1. The van der Waals surface area contributed by atoms with Crippen molar-refractivity contribution in [1.82, 2.24) is 19.7 Å². The van der Waals surface area contributed by atoms with Gasteiger partial charge < -0.3 is 10.4 Å². The van der Waals surface area contributed by atoms with Crippen LogP contribution in [-0.4, -0.2) is 32.0 Å². The van der Waals surface area contributed by atoms with Crippen molar-refractivity contribution in [2.45, 2.75) is 6.04 Å². The van der Waals surface area contributed by atoms with Crippen molar-refractivity contribution in [2.75, 3.05) is 6.61 Å². The topological polar surface area (TPSA) is 79.5 Å². The summed E-state index contributed by atoms with van der Waals surface area (Å²) < 4.78 is 1.67. The molecule has 0 radical (unpaired) electrons. The van der Waals surface area contributed by atoms with Crippen LogP contribution in [0.1, 0.15) is 22.1 Å². The molecule has 0 bridgehead atoms. The van der Waals surface area contributed by atoms with E-state index in [4.69, 9.17) is 0 Å². The number of hydrogen-bond acceptors (Lipinski definition) is 4. The maximum absolute atomic E-state index is 12.2. The van der Waals surface area contributed by atoms with Gasteiger partial charge in [-0.05, 0) is 11.6 Å². The molecular formula is C15H14N4O2. The van der Waals surface area contributed by atoms with Crippen molar-refractivity contribution < 1.29 is 9.90 Å². The monoisotopic (exact) mass is 282 g/mol. The molecular weight excluding hydrogens is 268 g/mol. The number of benzene rings is 1. The van der Waals surface area contributed by atoms with Crippen molar-refractivity contribution in [1.29, 1.82) is 0 Å². The first kappa shape index (κ1) is 13.3. The first-order valence-corrected chi connectivity index (χ1v) is 6.54. The summed E-state index contributed by atoms with van der Waals surface area (Å²) in [5.41, 5.74) is 1.11. The van der Waals surface area contributed by atoms with Crippen molar-refractivity contribution in [2.24, 2.45) is 0 Å². The maximum Gasteiger partial charge on any atom is 0.272 e. The van der Waals surface area contributed by atoms with Gasteiger partial charge in [0.25, 0.3) is 5.91 Å². The molecule has 2 heterocycles. The van der Waals surface area contributed by atoms with Gasteiger partial charge in [-0.15, -0.1) is 0 Å². The molecule has 106 valence electrons. The van der Waals surface area contributed by atoms with E-state index in [0.29, 0.717) is 5.78 Å². The van der Waals surface area contributed by atoms with E-state index >= 15 is 0 Å². The molecule has 0 aliphatic heterocycles. The standard InChI is InChI=1S/C15H14N4O2/c20-10-13(11-5-2-1-3-6-11)17-14(21)12-9-19-8-4-7-16-15(19)18-12/h1-9,13,20H,10H2,(H,17,21)/t13-/m1/s1. The molecule has 1 atom stereocenters. The molecule has 6 nitrogen and oxygen atoms in total. The third kappa shape index (κ3) is 2.75. The lowest BCUT2D eigenvalue weighted by atomic mass is 10.1. The summed E-state index contributed by atoms with van der Waals surface area (Å²) in [6, 6.07) is 10.6. The second kappa shape index (κ2) is 5.72. The number of carbonyl (C=O) groups excluding carboxylic acids is 1. The minimum atomic E-state index is -0.462. The van der Waals surface area contributed by atoms with Gasteiger partial charge in [0.2, 0.25) is 5.78 Å². The Bertz CT molecular complexity index is 721. The number of aliphatic hydroxyl groups excluding tert-OH is 1. The highest BCUT2D eigenvalue weighted by molar-refractivity contribution is 5.93. The van der Waals surface area contributed by atoms with Gasteiger partial charge in [-0.25, -0.2) is 9.97 Å². The summed E-state index contributed by atoms with van der Waals surface area (Å²) >= 11 is 0. The van der Waals surface area contributed by atoms with Gasteiger partial charge in [0, 0.05) is 18.6 Å². The Morgan fingerprint density at radius 1 is 1.29 bits per heavy atom. The van der Waals surface area contributed by atoms with E-state index in [9.17, 15) is 9.90 Å². The number of hydrogen-bond donors (Lipinski definition) is 2. The predicted octanol–water partition coefficient (Wildman–Crippen LogP) is 1.19. The number of aliphatic hydroxyl groups is 1. The zero-order chi connectivity index (χ0) is 14.7. The number of aromatic nitrogens is 3. The number of rotatable bonds is 4. The molecule has 3 rings (SSSR count). The Kier molecular flexibility index (Phi) is 3.61. The molecule has 21 heavy (non-hydrogen) atoms. The fourth-order valence-corrected chi connectivity index (χ4v) is 2.09. The molecule has 0 saturated heterocycles. The van der Waals surface area contributed by atoms with E-state index < -0.39 is 6.04 Å². The minimum Gasteiger partial charge on any atom is -0.394 e. The van der Waals surface area contributed by atoms with Crippen LogP contribution < -0.4 is 5.32 Å². The Morgan fingerprint density at radius 2 is 2.10 bits per heavy atom. The summed E-state index contributed by atoms with van der Waals surface area (Å²) in [6.45, 7) is -0.179. The van der Waals surface area contributed by atoms with Gasteiger partial charge in [-0.3, -0.25) is 9.20 Å². The third-order valence-corrected chi connectivity index (χ3v) is 3.16. The summed E-state index contributed by atoms with van der Waals surface area (Å²) in [7, 11) is 0. The number of nitrogens with one attached hydrogen (secondary N) is 1.